The molecular formula is C16H25N3O2. The number of carbonyl (C=O) groups is 2. The number of carbonyl (C=O) groups excluding carboxylic acids is 2. The van der Waals surface area contributed by atoms with Crippen molar-refractivity contribution in [2.75, 3.05) is 5.32 Å². The SMILES string of the molecule is CCC(C)[C@H](N)C(=O)Nc1ccc(C(=O)NC(C)C)cc1. The van der Waals surface area contributed by atoms with Crippen LogP contribution in [-0.2, 0) is 4.79 Å². The van der Waals surface area contributed by atoms with Crippen molar-refractivity contribution in [1.82, 2.24) is 5.32 Å². The van der Waals surface area contributed by atoms with Gasteiger partial charge in [0.05, 0.1) is 6.04 Å². The lowest BCUT2D eigenvalue weighted by atomic mass is 9.99. The van der Waals surface area contributed by atoms with Crippen molar-refractivity contribution < 1.29 is 9.59 Å². The molecule has 0 saturated heterocycles. The van der Waals surface area contributed by atoms with Crippen molar-refractivity contribution in [1.29, 1.82) is 0 Å². The maximum atomic E-state index is 12.0. The fourth-order valence-electron chi connectivity index (χ4n) is 1.79. The molecule has 1 aromatic carbocycles. The number of hydrogen-bond acceptors (Lipinski definition) is 3. The second kappa shape index (κ2) is 7.78. The lowest BCUT2D eigenvalue weighted by Gasteiger charge is -2.17. The molecule has 2 amide bonds. The molecule has 0 heterocycles. The minimum absolute atomic E-state index is 0.0883. The summed E-state index contributed by atoms with van der Waals surface area (Å²) in [5.74, 6) is -0.205. The Hall–Kier alpha value is -1.88. The Balaban J connectivity index is 2.66. The van der Waals surface area contributed by atoms with E-state index in [2.05, 4.69) is 10.6 Å². The van der Waals surface area contributed by atoms with Crippen LogP contribution in [0.2, 0.25) is 0 Å². The molecule has 0 aliphatic carbocycles. The largest absolute Gasteiger partial charge is 0.350 e. The van der Waals surface area contributed by atoms with Gasteiger partial charge in [0.25, 0.3) is 5.91 Å². The van der Waals surface area contributed by atoms with Gasteiger partial charge in [0.15, 0.2) is 0 Å². The molecule has 0 aromatic heterocycles. The maximum Gasteiger partial charge on any atom is 0.251 e. The average Bonchev–Trinajstić information content (AvgIpc) is 2.45. The number of amides is 2. The van der Waals surface area contributed by atoms with Crippen molar-refractivity contribution >= 4 is 17.5 Å². The van der Waals surface area contributed by atoms with Gasteiger partial charge in [-0.25, -0.2) is 0 Å². The average molecular weight is 291 g/mol. The summed E-state index contributed by atoms with van der Waals surface area (Å²) in [6, 6.07) is 6.33. The lowest BCUT2D eigenvalue weighted by Crippen LogP contribution is -2.40. The fraction of sp³-hybridized carbons (Fsp3) is 0.500. The van der Waals surface area contributed by atoms with E-state index >= 15 is 0 Å². The second-order valence-electron chi connectivity index (χ2n) is 5.61. The number of anilines is 1. The molecule has 0 aliphatic rings. The van der Waals surface area contributed by atoms with Crippen molar-refractivity contribution in [2.45, 2.75) is 46.2 Å². The van der Waals surface area contributed by atoms with E-state index in [0.717, 1.165) is 6.42 Å². The van der Waals surface area contributed by atoms with Gasteiger partial charge in [0, 0.05) is 17.3 Å². The van der Waals surface area contributed by atoms with Crippen LogP contribution in [0.25, 0.3) is 0 Å². The predicted octanol–water partition coefficient (Wildman–Crippen LogP) is 2.14. The van der Waals surface area contributed by atoms with Crippen LogP contribution in [0.4, 0.5) is 5.69 Å². The Labute approximate surface area is 126 Å². The first-order chi connectivity index (χ1) is 9.85. The van der Waals surface area contributed by atoms with E-state index in [4.69, 9.17) is 5.73 Å². The molecule has 0 fully saturated rings. The molecule has 1 unspecified atom stereocenters. The molecule has 0 bridgehead atoms. The van der Waals surface area contributed by atoms with E-state index in [9.17, 15) is 9.59 Å². The van der Waals surface area contributed by atoms with Gasteiger partial charge in [-0.15, -0.1) is 0 Å². The van der Waals surface area contributed by atoms with E-state index in [0.29, 0.717) is 11.3 Å². The first-order valence-corrected chi connectivity index (χ1v) is 7.32. The Morgan fingerprint density at radius 3 is 2.19 bits per heavy atom. The summed E-state index contributed by atoms with van der Waals surface area (Å²) >= 11 is 0. The highest BCUT2D eigenvalue weighted by Gasteiger charge is 2.19. The summed E-state index contributed by atoms with van der Waals surface area (Å²) in [5, 5.41) is 5.58. The first-order valence-electron chi connectivity index (χ1n) is 7.32. The molecular weight excluding hydrogens is 266 g/mol. The number of hydrogen-bond donors (Lipinski definition) is 3. The van der Waals surface area contributed by atoms with Crippen LogP contribution in [0.15, 0.2) is 24.3 Å². The molecule has 5 heteroatoms. The summed E-state index contributed by atoms with van der Waals surface area (Å²) in [6.07, 6.45) is 0.850. The predicted molar refractivity (Wildman–Crippen MR) is 85.1 cm³/mol. The van der Waals surface area contributed by atoms with Crippen molar-refractivity contribution in [3.63, 3.8) is 0 Å². The number of nitrogens with two attached hydrogens (primary N) is 1. The maximum absolute atomic E-state index is 12.0. The van der Waals surface area contributed by atoms with E-state index < -0.39 is 6.04 Å². The van der Waals surface area contributed by atoms with Gasteiger partial charge in [0.2, 0.25) is 5.91 Å². The van der Waals surface area contributed by atoms with E-state index in [-0.39, 0.29) is 23.8 Å². The zero-order valence-corrected chi connectivity index (χ0v) is 13.1. The van der Waals surface area contributed by atoms with Crippen molar-refractivity contribution in [3.8, 4) is 0 Å². The molecule has 116 valence electrons. The van der Waals surface area contributed by atoms with Crippen LogP contribution in [0, 0.1) is 5.92 Å². The summed E-state index contributed by atoms with van der Waals surface area (Å²) in [5.41, 5.74) is 7.08. The Morgan fingerprint density at radius 2 is 1.71 bits per heavy atom. The zero-order valence-electron chi connectivity index (χ0n) is 13.1. The summed E-state index contributed by atoms with van der Waals surface area (Å²) in [6.45, 7) is 7.76. The summed E-state index contributed by atoms with van der Waals surface area (Å²) < 4.78 is 0. The number of benzene rings is 1. The summed E-state index contributed by atoms with van der Waals surface area (Å²) in [7, 11) is 0. The van der Waals surface area contributed by atoms with Crippen LogP contribution in [-0.4, -0.2) is 23.9 Å². The zero-order chi connectivity index (χ0) is 16.0. The normalized spacial score (nSPS) is 13.6. The van der Waals surface area contributed by atoms with Crippen LogP contribution >= 0.6 is 0 Å². The molecule has 0 spiro atoms. The Bertz CT molecular complexity index is 483. The van der Waals surface area contributed by atoms with E-state index in [1.54, 1.807) is 24.3 Å². The third kappa shape index (κ3) is 5.19. The van der Waals surface area contributed by atoms with E-state index in [1.807, 2.05) is 27.7 Å². The summed E-state index contributed by atoms with van der Waals surface area (Å²) in [4.78, 5) is 23.8. The highest BCUT2D eigenvalue weighted by molar-refractivity contribution is 5.97. The van der Waals surface area contributed by atoms with Crippen LogP contribution in [0.5, 0.6) is 0 Å². The molecule has 0 saturated carbocycles. The Kier molecular flexibility index (Phi) is 6.37. The molecule has 0 radical (unpaired) electrons. The molecule has 1 aromatic rings. The van der Waals surface area contributed by atoms with Crippen molar-refractivity contribution in [3.05, 3.63) is 29.8 Å². The quantitative estimate of drug-likeness (QED) is 0.750. The highest BCUT2D eigenvalue weighted by atomic mass is 16.2. The third-order valence-corrected chi connectivity index (χ3v) is 3.39. The third-order valence-electron chi connectivity index (χ3n) is 3.39. The molecule has 2 atom stereocenters. The minimum Gasteiger partial charge on any atom is -0.350 e. The number of rotatable bonds is 6. The monoisotopic (exact) mass is 291 g/mol. The van der Waals surface area contributed by atoms with Crippen LogP contribution in [0.3, 0.4) is 0 Å². The topological polar surface area (TPSA) is 84.2 Å². The standard InChI is InChI=1S/C16H25N3O2/c1-5-11(4)14(17)16(21)19-13-8-6-12(7-9-13)15(20)18-10(2)3/h6-11,14H,5,17H2,1-4H3,(H,18,20)(H,19,21)/t11?,14-/m0/s1. The van der Waals surface area contributed by atoms with E-state index in [1.165, 1.54) is 0 Å². The van der Waals surface area contributed by atoms with Gasteiger partial charge >= 0.3 is 0 Å². The van der Waals surface area contributed by atoms with Gasteiger partial charge < -0.3 is 16.4 Å². The Morgan fingerprint density at radius 1 is 1.14 bits per heavy atom. The van der Waals surface area contributed by atoms with Gasteiger partial charge in [-0.2, -0.15) is 0 Å². The molecule has 1 rings (SSSR count). The van der Waals surface area contributed by atoms with Gasteiger partial charge in [0.1, 0.15) is 0 Å². The van der Waals surface area contributed by atoms with Gasteiger partial charge in [-0.05, 0) is 44.0 Å². The van der Waals surface area contributed by atoms with Gasteiger partial charge in [-0.1, -0.05) is 20.3 Å². The fourth-order valence-corrected chi connectivity index (χ4v) is 1.79. The smallest absolute Gasteiger partial charge is 0.251 e. The van der Waals surface area contributed by atoms with Gasteiger partial charge in [-0.3, -0.25) is 9.59 Å². The second-order valence-corrected chi connectivity index (χ2v) is 5.61. The molecule has 5 nitrogen and oxygen atoms in total. The lowest BCUT2D eigenvalue weighted by molar-refractivity contribution is -0.118. The van der Waals surface area contributed by atoms with Crippen LogP contribution < -0.4 is 16.4 Å². The first kappa shape index (κ1) is 17.2. The minimum atomic E-state index is -0.529. The highest BCUT2D eigenvalue weighted by Crippen LogP contribution is 2.12. The molecule has 0 aliphatic heterocycles. The van der Waals surface area contributed by atoms with Crippen LogP contribution in [0.1, 0.15) is 44.5 Å². The molecule has 4 N–H and O–H groups in total. The molecule has 21 heavy (non-hydrogen) atoms. The number of nitrogens with one attached hydrogen (secondary N) is 2. The van der Waals surface area contributed by atoms with Crippen molar-refractivity contribution in [2.24, 2.45) is 11.7 Å².